The highest BCUT2D eigenvalue weighted by atomic mass is 16.4. The van der Waals surface area contributed by atoms with Crippen LogP contribution in [0, 0.1) is 11.3 Å². The van der Waals surface area contributed by atoms with Crippen molar-refractivity contribution in [1.82, 2.24) is 4.90 Å². The maximum absolute atomic E-state index is 12.0. The summed E-state index contributed by atoms with van der Waals surface area (Å²) in [6, 6.07) is -0.162. The second-order valence-corrected chi connectivity index (χ2v) is 6.48. The molecule has 2 unspecified atom stereocenters. The van der Waals surface area contributed by atoms with E-state index in [1.165, 1.54) is 0 Å². The van der Waals surface area contributed by atoms with E-state index >= 15 is 0 Å². The summed E-state index contributed by atoms with van der Waals surface area (Å²) in [6.45, 7) is 8.92. The first-order valence-corrected chi connectivity index (χ1v) is 6.74. The number of amides is 1. The molecular weight excluding hydrogens is 230 g/mol. The number of hydrogen-bond donors (Lipinski definition) is 1. The molecule has 0 aromatic carbocycles. The molecule has 2 atom stereocenters. The number of carboxylic acids is 1. The predicted molar refractivity (Wildman–Crippen MR) is 70.2 cm³/mol. The number of hydrogen-bond acceptors (Lipinski definition) is 2. The van der Waals surface area contributed by atoms with E-state index in [9.17, 15) is 9.59 Å². The smallest absolute Gasteiger partial charge is 0.308 e. The van der Waals surface area contributed by atoms with Crippen LogP contribution >= 0.6 is 0 Å². The minimum absolute atomic E-state index is 0.107. The van der Waals surface area contributed by atoms with Crippen molar-refractivity contribution in [2.45, 2.75) is 59.4 Å². The molecule has 1 aliphatic heterocycles. The van der Waals surface area contributed by atoms with Gasteiger partial charge in [-0.3, -0.25) is 9.59 Å². The Balaban J connectivity index is 2.42. The van der Waals surface area contributed by atoms with Gasteiger partial charge in [0.2, 0.25) is 5.91 Å². The van der Waals surface area contributed by atoms with Gasteiger partial charge >= 0.3 is 5.97 Å². The van der Waals surface area contributed by atoms with E-state index in [1.807, 2.05) is 6.92 Å². The molecule has 0 saturated carbocycles. The third-order valence-corrected chi connectivity index (χ3v) is 3.71. The lowest BCUT2D eigenvalue weighted by atomic mass is 9.90. The maximum Gasteiger partial charge on any atom is 0.308 e. The van der Waals surface area contributed by atoms with E-state index in [0.717, 1.165) is 12.8 Å². The van der Waals surface area contributed by atoms with Crippen molar-refractivity contribution in [1.29, 1.82) is 0 Å². The number of carboxylic acid groups (broad SMARTS) is 1. The van der Waals surface area contributed by atoms with Gasteiger partial charge in [-0.05, 0) is 31.6 Å². The largest absolute Gasteiger partial charge is 0.481 e. The van der Waals surface area contributed by atoms with Crippen molar-refractivity contribution in [3.8, 4) is 0 Å². The summed E-state index contributed by atoms with van der Waals surface area (Å²) in [6.07, 6.45) is 3.02. The van der Waals surface area contributed by atoms with E-state index in [2.05, 4.69) is 20.8 Å². The van der Waals surface area contributed by atoms with Crippen molar-refractivity contribution in [2.75, 3.05) is 6.54 Å². The SMILES string of the molecule is CC1C(C(=O)O)CCN1C(=O)CCCC(C)(C)C. The average Bonchev–Trinajstić information content (AvgIpc) is 2.57. The lowest BCUT2D eigenvalue weighted by Crippen LogP contribution is -2.37. The summed E-state index contributed by atoms with van der Waals surface area (Å²) in [5.74, 6) is -1.07. The second kappa shape index (κ2) is 5.72. The summed E-state index contributed by atoms with van der Waals surface area (Å²) in [5.41, 5.74) is 0.251. The van der Waals surface area contributed by atoms with E-state index < -0.39 is 11.9 Å². The fourth-order valence-corrected chi connectivity index (χ4v) is 2.54. The zero-order valence-electron chi connectivity index (χ0n) is 11.9. The first-order valence-electron chi connectivity index (χ1n) is 6.74. The van der Waals surface area contributed by atoms with E-state index in [-0.39, 0.29) is 17.4 Å². The van der Waals surface area contributed by atoms with Crippen LogP contribution in [0.15, 0.2) is 0 Å². The Bertz CT molecular complexity index is 319. The monoisotopic (exact) mass is 255 g/mol. The highest BCUT2D eigenvalue weighted by Gasteiger charge is 2.37. The third-order valence-electron chi connectivity index (χ3n) is 3.71. The molecule has 0 aliphatic carbocycles. The average molecular weight is 255 g/mol. The number of likely N-dealkylation sites (tertiary alicyclic amines) is 1. The first kappa shape index (κ1) is 15.0. The molecule has 0 radical (unpaired) electrons. The molecule has 1 fully saturated rings. The van der Waals surface area contributed by atoms with Crippen molar-refractivity contribution in [2.24, 2.45) is 11.3 Å². The minimum Gasteiger partial charge on any atom is -0.481 e. The topological polar surface area (TPSA) is 57.6 Å². The molecule has 1 amide bonds. The van der Waals surface area contributed by atoms with Crippen LogP contribution in [0.25, 0.3) is 0 Å². The lowest BCUT2D eigenvalue weighted by molar-refractivity contribution is -0.143. The highest BCUT2D eigenvalue weighted by Crippen LogP contribution is 2.26. The van der Waals surface area contributed by atoms with E-state index in [4.69, 9.17) is 5.11 Å². The number of aliphatic carboxylic acids is 1. The molecule has 18 heavy (non-hydrogen) atoms. The van der Waals surface area contributed by atoms with Gasteiger partial charge in [-0.2, -0.15) is 0 Å². The Morgan fingerprint density at radius 2 is 1.94 bits per heavy atom. The van der Waals surface area contributed by atoms with Gasteiger partial charge in [0.25, 0.3) is 0 Å². The fraction of sp³-hybridized carbons (Fsp3) is 0.857. The Kier molecular flexibility index (Phi) is 4.77. The van der Waals surface area contributed by atoms with Gasteiger partial charge in [0.15, 0.2) is 0 Å². The molecule has 1 N–H and O–H groups in total. The molecule has 4 heteroatoms. The minimum atomic E-state index is -0.785. The van der Waals surface area contributed by atoms with Gasteiger partial charge in [0.05, 0.1) is 5.92 Å². The quantitative estimate of drug-likeness (QED) is 0.839. The molecule has 4 nitrogen and oxygen atoms in total. The van der Waals surface area contributed by atoms with Gasteiger partial charge < -0.3 is 10.0 Å². The van der Waals surface area contributed by atoms with Crippen LogP contribution in [0.3, 0.4) is 0 Å². The number of carbonyl (C=O) groups excluding carboxylic acids is 1. The molecule has 0 bridgehead atoms. The summed E-state index contributed by atoms with van der Waals surface area (Å²) < 4.78 is 0. The summed E-state index contributed by atoms with van der Waals surface area (Å²) in [5, 5.41) is 9.03. The van der Waals surface area contributed by atoms with Crippen molar-refractivity contribution < 1.29 is 14.7 Å². The molecule has 0 aromatic heterocycles. The number of rotatable bonds is 4. The maximum atomic E-state index is 12.0. The van der Waals surface area contributed by atoms with Crippen LogP contribution in [0.2, 0.25) is 0 Å². The highest BCUT2D eigenvalue weighted by molar-refractivity contribution is 5.79. The molecular formula is C14H25NO3. The normalized spacial score (nSPS) is 24.3. The fourth-order valence-electron chi connectivity index (χ4n) is 2.54. The first-order chi connectivity index (χ1) is 8.22. The van der Waals surface area contributed by atoms with E-state index in [0.29, 0.717) is 19.4 Å². The Hall–Kier alpha value is -1.06. The zero-order chi connectivity index (χ0) is 13.9. The Morgan fingerprint density at radius 3 is 2.39 bits per heavy atom. The summed E-state index contributed by atoms with van der Waals surface area (Å²) in [7, 11) is 0. The van der Waals surface area contributed by atoms with Gasteiger partial charge in [-0.25, -0.2) is 0 Å². The molecule has 104 valence electrons. The standard InChI is InChI=1S/C14H25NO3/c1-10-11(13(17)18)7-9-15(10)12(16)6-5-8-14(2,3)4/h10-11H,5-9H2,1-4H3,(H,17,18). The molecule has 1 rings (SSSR count). The van der Waals surface area contributed by atoms with Gasteiger partial charge in [-0.1, -0.05) is 20.8 Å². The van der Waals surface area contributed by atoms with Crippen LogP contribution in [0.1, 0.15) is 53.4 Å². The van der Waals surface area contributed by atoms with Crippen LogP contribution < -0.4 is 0 Å². The second-order valence-electron chi connectivity index (χ2n) is 6.48. The number of carbonyl (C=O) groups is 2. The molecule has 1 saturated heterocycles. The summed E-state index contributed by atoms with van der Waals surface area (Å²) in [4.78, 5) is 24.8. The van der Waals surface area contributed by atoms with Crippen LogP contribution in [0.4, 0.5) is 0 Å². The third kappa shape index (κ3) is 4.00. The van der Waals surface area contributed by atoms with E-state index in [1.54, 1.807) is 4.90 Å². The van der Waals surface area contributed by atoms with Gasteiger partial charge in [0.1, 0.15) is 0 Å². The van der Waals surface area contributed by atoms with Crippen LogP contribution in [0.5, 0.6) is 0 Å². The lowest BCUT2D eigenvalue weighted by Gasteiger charge is -2.24. The molecule has 1 aliphatic rings. The Morgan fingerprint density at radius 1 is 1.33 bits per heavy atom. The van der Waals surface area contributed by atoms with Crippen LogP contribution in [-0.4, -0.2) is 34.5 Å². The van der Waals surface area contributed by atoms with Gasteiger partial charge in [0, 0.05) is 19.0 Å². The number of nitrogens with zero attached hydrogens (tertiary/aromatic N) is 1. The van der Waals surface area contributed by atoms with Crippen molar-refractivity contribution >= 4 is 11.9 Å². The zero-order valence-corrected chi connectivity index (χ0v) is 11.9. The van der Waals surface area contributed by atoms with Crippen molar-refractivity contribution in [3.63, 3.8) is 0 Å². The summed E-state index contributed by atoms with van der Waals surface area (Å²) >= 11 is 0. The van der Waals surface area contributed by atoms with Crippen LogP contribution in [-0.2, 0) is 9.59 Å². The van der Waals surface area contributed by atoms with Gasteiger partial charge in [-0.15, -0.1) is 0 Å². The Labute approximate surface area is 109 Å². The van der Waals surface area contributed by atoms with Crippen molar-refractivity contribution in [3.05, 3.63) is 0 Å². The predicted octanol–water partition coefficient (Wildman–Crippen LogP) is 2.52. The molecule has 1 heterocycles. The molecule has 0 aromatic rings. The molecule has 0 spiro atoms.